The van der Waals surface area contributed by atoms with E-state index in [4.69, 9.17) is 18.5 Å². The van der Waals surface area contributed by atoms with Crippen LogP contribution in [0.1, 0.15) is 52.6 Å². The highest BCUT2D eigenvalue weighted by molar-refractivity contribution is 6.55. The molecule has 128 valence electrons. The fourth-order valence-electron chi connectivity index (χ4n) is 2.36. The summed E-state index contributed by atoms with van der Waals surface area (Å²) in [4.78, 5) is 0. The van der Waals surface area contributed by atoms with E-state index in [0.29, 0.717) is 31.0 Å². The molecule has 2 rings (SSSR count). The average Bonchev–Trinajstić information content (AvgIpc) is 2.96. The van der Waals surface area contributed by atoms with Crippen molar-refractivity contribution in [2.24, 2.45) is 0 Å². The summed E-state index contributed by atoms with van der Waals surface area (Å²) in [5.41, 5.74) is -1.18. The first-order valence-electron chi connectivity index (χ1n) is 8.06. The van der Waals surface area contributed by atoms with E-state index < -0.39 is 24.0 Å². The second kappa shape index (κ2) is 6.79. The maximum absolute atomic E-state index is 15.1. The van der Waals surface area contributed by atoms with Gasteiger partial charge in [0, 0.05) is 18.6 Å². The molecule has 0 atom stereocenters. The number of aryl methyl sites for hydroxylation is 1. The number of furan rings is 1. The van der Waals surface area contributed by atoms with Crippen molar-refractivity contribution in [2.45, 2.75) is 59.2 Å². The van der Waals surface area contributed by atoms with Crippen LogP contribution in [0.15, 0.2) is 22.3 Å². The summed E-state index contributed by atoms with van der Waals surface area (Å²) in [7, 11) is -1.03. The minimum atomic E-state index is -1.03. The summed E-state index contributed by atoms with van der Waals surface area (Å²) in [5, 5.41) is 0. The maximum Gasteiger partial charge on any atom is 0.525 e. The number of rotatable bonds is 6. The predicted molar refractivity (Wildman–Crippen MR) is 88.7 cm³/mol. The van der Waals surface area contributed by atoms with E-state index in [1.54, 1.807) is 6.07 Å². The quantitative estimate of drug-likeness (QED) is 0.577. The lowest BCUT2D eigenvalue weighted by Crippen LogP contribution is -2.41. The number of hydrogen-bond donors (Lipinski definition) is 0. The minimum Gasteiger partial charge on any atom is -0.462 e. The van der Waals surface area contributed by atoms with Crippen molar-refractivity contribution in [1.82, 2.24) is 0 Å². The maximum atomic E-state index is 15.1. The molecule has 2 heterocycles. The molecule has 0 radical (unpaired) electrons. The molecule has 0 unspecified atom stereocenters. The molecule has 0 saturated carbocycles. The third-order valence-corrected chi connectivity index (χ3v) is 4.49. The van der Waals surface area contributed by atoms with E-state index in [1.165, 1.54) is 0 Å². The number of halogens is 1. The van der Waals surface area contributed by atoms with Crippen LogP contribution in [0.4, 0.5) is 4.39 Å². The lowest BCUT2D eigenvalue weighted by Gasteiger charge is -2.32. The standard InChI is InChI=1S/C17H26BFO4/c1-7-20-11-10-13(14-9-8-12(2)21-14)15(19)18-22-16(3,4)17(5,6)23-18/h8-9H,7,10-11H2,1-6H3. The summed E-state index contributed by atoms with van der Waals surface area (Å²) in [6.07, 6.45) is 0.400. The molecule has 0 amide bonds. The van der Waals surface area contributed by atoms with Crippen molar-refractivity contribution in [3.8, 4) is 0 Å². The molecule has 1 aliphatic heterocycles. The van der Waals surface area contributed by atoms with Crippen molar-refractivity contribution in [3.05, 3.63) is 29.4 Å². The third kappa shape index (κ3) is 3.87. The largest absolute Gasteiger partial charge is 0.525 e. The van der Waals surface area contributed by atoms with Gasteiger partial charge in [0.05, 0.1) is 17.8 Å². The minimum absolute atomic E-state index is 0.400. The summed E-state index contributed by atoms with van der Waals surface area (Å²) >= 11 is 0. The highest BCUT2D eigenvalue weighted by atomic mass is 19.1. The zero-order valence-corrected chi connectivity index (χ0v) is 14.9. The molecular weight excluding hydrogens is 298 g/mol. The molecule has 0 aliphatic carbocycles. The molecular formula is C17H26BFO4. The van der Waals surface area contributed by atoms with Crippen molar-refractivity contribution in [1.29, 1.82) is 0 Å². The van der Waals surface area contributed by atoms with Gasteiger partial charge in [-0.3, -0.25) is 0 Å². The van der Waals surface area contributed by atoms with Crippen molar-refractivity contribution >= 4 is 12.7 Å². The van der Waals surface area contributed by atoms with Crippen molar-refractivity contribution in [3.63, 3.8) is 0 Å². The third-order valence-electron chi connectivity index (χ3n) is 4.49. The molecule has 0 spiro atoms. The average molecular weight is 324 g/mol. The SMILES string of the molecule is CCOCCC(=C(F)B1OC(C)(C)C(C)(C)O1)c1ccc(C)o1. The van der Waals surface area contributed by atoms with Crippen molar-refractivity contribution in [2.75, 3.05) is 13.2 Å². The van der Waals surface area contributed by atoms with Crippen LogP contribution >= 0.6 is 0 Å². The second-order valence-corrected chi connectivity index (χ2v) is 6.77. The van der Waals surface area contributed by atoms with Gasteiger partial charge < -0.3 is 18.5 Å². The molecule has 1 aromatic heterocycles. The van der Waals surface area contributed by atoms with E-state index >= 15 is 4.39 Å². The van der Waals surface area contributed by atoms with Crippen LogP contribution in [0.25, 0.3) is 5.57 Å². The Morgan fingerprint density at radius 2 is 1.78 bits per heavy atom. The zero-order chi connectivity index (χ0) is 17.3. The molecule has 1 fully saturated rings. The van der Waals surface area contributed by atoms with Gasteiger partial charge in [-0.1, -0.05) is 0 Å². The molecule has 23 heavy (non-hydrogen) atoms. The van der Waals surface area contributed by atoms with Gasteiger partial charge in [-0.2, -0.15) is 0 Å². The van der Waals surface area contributed by atoms with E-state index in [2.05, 4.69) is 0 Å². The fourth-order valence-corrected chi connectivity index (χ4v) is 2.36. The van der Waals surface area contributed by atoms with Crippen LogP contribution in [0, 0.1) is 6.92 Å². The molecule has 1 aliphatic rings. The molecule has 0 bridgehead atoms. The van der Waals surface area contributed by atoms with Gasteiger partial charge in [0.15, 0.2) is 0 Å². The van der Waals surface area contributed by atoms with Gasteiger partial charge in [-0.15, -0.1) is 0 Å². The van der Waals surface area contributed by atoms with Crippen LogP contribution in [-0.4, -0.2) is 31.5 Å². The van der Waals surface area contributed by atoms with Crippen LogP contribution < -0.4 is 0 Å². The highest BCUT2D eigenvalue weighted by Gasteiger charge is 2.53. The Labute approximate surface area is 138 Å². The molecule has 6 heteroatoms. The summed E-state index contributed by atoms with van der Waals surface area (Å²) in [5.74, 6) is 1.23. The Balaban J connectivity index is 2.30. The van der Waals surface area contributed by atoms with E-state index in [-0.39, 0.29) is 0 Å². The monoisotopic (exact) mass is 324 g/mol. The number of hydrogen-bond acceptors (Lipinski definition) is 4. The summed E-state index contributed by atoms with van der Waals surface area (Å²) in [6.45, 7) is 12.3. The Morgan fingerprint density at radius 3 is 2.26 bits per heavy atom. The topological polar surface area (TPSA) is 40.8 Å². The fraction of sp³-hybridized carbons (Fsp3) is 0.647. The summed E-state index contributed by atoms with van der Waals surface area (Å²) in [6, 6.07) is 3.58. The van der Waals surface area contributed by atoms with E-state index in [0.717, 1.165) is 5.76 Å². The first-order valence-corrected chi connectivity index (χ1v) is 8.06. The number of ether oxygens (including phenoxy) is 1. The van der Waals surface area contributed by atoms with Crippen LogP contribution in [0.5, 0.6) is 0 Å². The Hall–Kier alpha value is -1.11. The van der Waals surface area contributed by atoms with Crippen LogP contribution in [-0.2, 0) is 14.0 Å². The lowest BCUT2D eigenvalue weighted by atomic mass is 9.83. The Kier molecular flexibility index (Phi) is 5.39. The highest BCUT2D eigenvalue weighted by Crippen LogP contribution is 2.40. The second-order valence-electron chi connectivity index (χ2n) is 6.77. The Bertz CT molecular complexity index is 561. The van der Waals surface area contributed by atoms with Crippen molar-refractivity contribution < 1.29 is 22.9 Å². The Morgan fingerprint density at radius 1 is 1.17 bits per heavy atom. The van der Waals surface area contributed by atoms with Crippen LogP contribution in [0.2, 0.25) is 0 Å². The van der Waals surface area contributed by atoms with Crippen LogP contribution in [0.3, 0.4) is 0 Å². The smallest absolute Gasteiger partial charge is 0.462 e. The van der Waals surface area contributed by atoms with Gasteiger partial charge in [0.2, 0.25) is 0 Å². The van der Waals surface area contributed by atoms with Gasteiger partial charge in [0.25, 0.3) is 0 Å². The molecule has 1 saturated heterocycles. The van der Waals surface area contributed by atoms with Gasteiger partial charge in [-0.25, -0.2) is 4.39 Å². The van der Waals surface area contributed by atoms with Gasteiger partial charge in [-0.05, 0) is 53.7 Å². The molecule has 0 N–H and O–H groups in total. The zero-order valence-electron chi connectivity index (χ0n) is 14.9. The van der Waals surface area contributed by atoms with E-state index in [9.17, 15) is 0 Å². The first-order chi connectivity index (χ1) is 10.7. The van der Waals surface area contributed by atoms with Gasteiger partial charge >= 0.3 is 7.12 Å². The summed E-state index contributed by atoms with van der Waals surface area (Å²) < 4.78 is 37.7. The lowest BCUT2D eigenvalue weighted by molar-refractivity contribution is 0.00578. The predicted octanol–water partition coefficient (Wildman–Crippen LogP) is 4.33. The van der Waals surface area contributed by atoms with E-state index in [1.807, 2.05) is 47.6 Å². The molecule has 0 aromatic carbocycles. The normalized spacial score (nSPS) is 20.7. The van der Waals surface area contributed by atoms with Gasteiger partial charge in [0.1, 0.15) is 17.2 Å². The molecule has 4 nitrogen and oxygen atoms in total. The first kappa shape index (κ1) is 18.2. The molecule has 1 aromatic rings.